The van der Waals surface area contributed by atoms with E-state index < -0.39 is 0 Å². The third kappa shape index (κ3) is 7.22. The van der Waals surface area contributed by atoms with Crippen molar-refractivity contribution in [1.82, 2.24) is 10.4 Å². The third-order valence-electron chi connectivity index (χ3n) is 3.56. The average Bonchev–Trinajstić information content (AvgIpc) is 2.72. The SMILES string of the molecule is C/C=C\C.NNC(=NC/C=C/Cl)c1cc(-c2ccc(CO)cc2)cnc1N. The molecule has 0 saturated carbocycles. The Morgan fingerprint density at radius 1 is 1.22 bits per heavy atom. The van der Waals surface area contributed by atoms with Gasteiger partial charge in [0.25, 0.3) is 0 Å². The number of allylic oxidation sites excluding steroid dienone is 2. The van der Waals surface area contributed by atoms with E-state index in [1.165, 1.54) is 5.54 Å². The highest BCUT2D eigenvalue weighted by Crippen LogP contribution is 2.22. The van der Waals surface area contributed by atoms with Gasteiger partial charge in [-0.25, -0.2) is 10.8 Å². The summed E-state index contributed by atoms with van der Waals surface area (Å²) in [5, 5.41) is 9.11. The molecule has 0 unspecified atom stereocenters. The van der Waals surface area contributed by atoms with Crippen LogP contribution >= 0.6 is 11.6 Å². The van der Waals surface area contributed by atoms with E-state index in [-0.39, 0.29) is 6.61 Å². The molecule has 27 heavy (non-hydrogen) atoms. The van der Waals surface area contributed by atoms with Crippen LogP contribution in [0.1, 0.15) is 25.0 Å². The Kier molecular flexibility index (Phi) is 10.5. The Bertz CT molecular complexity index is 781. The number of hydrazine groups is 1. The van der Waals surface area contributed by atoms with Crippen LogP contribution in [0.5, 0.6) is 0 Å². The molecule has 144 valence electrons. The molecule has 0 fully saturated rings. The summed E-state index contributed by atoms with van der Waals surface area (Å²) in [5.74, 6) is 6.29. The predicted octanol–water partition coefficient (Wildman–Crippen LogP) is 3.37. The topological polar surface area (TPSA) is 110 Å². The number of pyridine rings is 1. The zero-order chi connectivity index (χ0) is 20.1. The number of amidine groups is 1. The van der Waals surface area contributed by atoms with E-state index >= 15 is 0 Å². The molecule has 1 heterocycles. The van der Waals surface area contributed by atoms with Crippen molar-refractivity contribution in [2.24, 2.45) is 10.8 Å². The molecule has 7 heteroatoms. The number of halogens is 1. The van der Waals surface area contributed by atoms with Gasteiger partial charge < -0.3 is 16.3 Å². The molecule has 0 aliphatic heterocycles. The van der Waals surface area contributed by atoms with E-state index in [4.69, 9.17) is 28.3 Å². The van der Waals surface area contributed by atoms with Gasteiger partial charge in [0.1, 0.15) is 11.7 Å². The predicted molar refractivity (Wildman–Crippen MR) is 114 cm³/mol. The first kappa shape index (κ1) is 22.4. The average molecular weight is 388 g/mol. The van der Waals surface area contributed by atoms with Gasteiger partial charge >= 0.3 is 0 Å². The van der Waals surface area contributed by atoms with Gasteiger partial charge in [-0.05, 0) is 31.0 Å². The first-order chi connectivity index (χ1) is 13.1. The summed E-state index contributed by atoms with van der Waals surface area (Å²) < 4.78 is 0. The van der Waals surface area contributed by atoms with E-state index in [2.05, 4.69) is 15.4 Å². The molecule has 2 aromatic rings. The van der Waals surface area contributed by atoms with Gasteiger partial charge in [-0.2, -0.15) is 0 Å². The maximum absolute atomic E-state index is 9.11. The molecule has 2 rings (SSSR count). The van der Waals surface area contributed by atoms with Gasteiger partial charge in [0, 0.05) is 17.3 Å². The second kappa shape index (κ2) is 12.6. The van der Waals surface area contributed by atoms with Gasteiger partial charge in [0.05, 0.1) is 18.7 Å². The number of hydrogen-bond acceptors (Lipinski definition) is 5. The molecule has 0 atom stereocenters. The number of nitrogens with zero attached hydrogens (tertiary/aromatic N) is 2. The lowest BCUT2D eigenvalue weighted by Crippen LogP contribution is -2.32. The number of nitrogen functional groups attached to an aromatic ring is 1. The van der Waals surface area contributed by atoms with Crippen molar-refractivity contribution >= 4 is 23.3 Å². The summed E-state index contributed by atoms with van der Waals surface area (Å²) in [6, 6.07) is 9.38. The molecule has 6 N–H and O–H groups in total. The van der Waals surface area contributed by atoms with Crippen LogP contribution in [0.2, 0.25) is 0 Å². The molecular formula is C20H26ClN5O. The van der Waals surface area contributed by atoms with Gasteiger partial charge in [0.2, 0.25) is 0 Å². The number of aliphatic hydroxyl groups excluding tert-OH is 1. The fourth-order valence-corrected chi connectivity index (χ4v) is 2.10. The highest BCUT2D eigenvalue weighted by Gasteiger charge is 2.10. The molecule has 0 saturated heterocycles. The van der Waals surface area contributed by atoms with Crippen molar-refractivity contribution in [3.8, 4) is 11.1 Å². The van der Waals surface area contributed by atoms with Gasteiger partial charge in [-0.3, -0.25) is 4.99 Å². The highest BCUT2D eigenvalue weighted by atomic mass is 35.5. The third-order valence-corrected chi connectivity index (χ3v) is 3.74. The van der Waals surface area contributed by atoms with Crippen LogP contribution < -0.4 is 17.0 Å². The maximum Gasteiger partial charge on any atom is 0.146 e. The molecule has 6 nitrogen and oxygen atoms in total. The van der Waals surface area contributed by atoms with Crippen LogP contribution in [-0.4, -0.2) is 22.5 Å². The molecule has 0 spiro atoms. The molecular weight excluding hydrogens is 362 g/mol. The van der Waals surface area contributed by atoms with E-state index in [1.807, 2.05) is 56.3 Å². The molecule has 0 amide bonds. The second-order valence-corrected chi connectivity index (χ2v) is 5.63. The van der Waals surface area contributed by atoms with Crippen LogP contribution in [0.3, 0.4) is 0 Å². The van der Waals surface area contributed by atoms with Gasteiger partial charge in [-0.1, -0.05) is 54.1 Å². The summed E-state index contributed by atoms with van der Waals surface area (Å²) >= 11 is 5.48. The number of nitrogens with two attached hydrogens (primary N) is 2. The Morgan fingerprint density at radius 3 is 2.41 bits per heavy atom. The molecule has 0 radical (unpaired) electrons. The van der Waals surface area contributed by atoms with Crippen molar-refractivity contribution in [3.63, 3.8) is 0 Å². The van der Waals surface area contributed by atoms with Gasteiger partial charge in [-0.15, -0.1) is 0 Å². The standard InChI is InChI=1S/C16H18ClN5O.C4H8/c17-6-1-7-20-16(22-19)14-8-13(9-21-15(14)18)12-4-2-11(10-23)3-5-12;1-3-4-2/h1-6,8-9,23H,7,10,19H2,(H2,18,21)(H,20,22);3-4H,1-2H3/b6-1+;4-3-. The van der Waals surface area contributed by atoms with Crippen molar-refractivity contribution in [2.45, 2.75) is 20.5 Å². The smallest absolute Gasteiger partial charge is 0.146 e. The number of rotatable bonds is 5. The lowest BCUT2D eigenvalue weighted by Gasteiger charge is -2.10. The molecule has 0 bridgehead atoms. The van der Waals surface area contributed by atoms with Crippen molar-refractivity contribution in [2.75, 3.05) is 12.3 Å². The summed E-state index contributed by atoms with van der Waals surface area (Å²) in [6.45, 7) is 4.38. The number of aliphatic imine (C=N–C) groups is 1. The number of anilines is 1. The van der Waals surface area contributed by atoms with E-state index in [0.717, 1.165) is 16.7 Å². The summed E-state index contributed by atoms with van der Waals surface area (Å²) in [6.07, 6.45) is 7.36. The number of nitrogens with one attached hydrogen (secondary N) is 1. The maximum atomic E-state index is 9.11. The quantitative estimate of drug-likeness (QED) is 0.207. The summed E-state index contributed by atoms with van der Waals surface area (Å²) in [4.78, 5) is 8.48. The molecule has 1 aromatic heterocycles. The van der Waals surface area contributed by atoms with Crippen LogP contribution in [0, 0.1) is 0 Å². The van der Waals surface area contributed by atoms with E-state index in [1.54, 1.807) is 12.3 Å². The lowest BCUT2D eigenvalue weighted by molar-refractivity contribution is 0.282. The lowest BCUT2D eigenvalue weighted by atomic mass is 10.0. The molecule has 1 aromatic carbocycles. The fourth-order valence-electron chi connectivity index (χ4n) is 2.02. The normalized spacial score (nSPS) is 11.5. The minimum atomic E-state index is 0.00745. The van der Waals surface area contributed by atoms with Crippen LogP contribution in [0.4, 0.5) is 5.82 Å². The number of aromatic nitrogens is 1. The van der Waals surface area contributed by atoms with Gasteiger partial charge in [0.15, 0.2) is 0 Å². The zero-order valence-electron chi connectivity index (χ0n) is 15.6. The minimum absolute atomic E-state index is 0.00745. The Morgan fingerprint density at radius 2 is 1.89 bits per heavy atom. The number of benzene rings is 1. The first-order valence-electron chi connectivity index (χ1n) is 8.40. The summed E-state index contributed by atoms with van der Waals surface area (Å²) in [5.41, 5.74) is 13.1. The molecule has 0 aliphatic carbocycles. The van der Waals surface area contributed by atoms with E-state index in [0.29, 0.717) is 23.8 Å². The van der Waals surface area contributed by atoms with Crippen molar-refractivity contribution in [3.05, 3.63) is 71.4 Å². The van der Waals surface area contributed by atoms with Crippen LogP contribution in [0.15, 0.2) is 65.3 Å². The Balaban J connectivity index is 0.000000828. The highest BCUT2D eigenvalue weighted by molar-refractivity contribution is 6.25. The second-order valence-electron chi connectivity index (χ2n) is 5.37. The van der Waals surface area contributed by atoms with Crippen molar-refractivity contribution < 1.29 is 5.11 Å². The number of hydrogen-bond donors (Lipinski definition) is 4. The number of aliphatic hydroxyl groups is 1. The van der Waals surface area contributed by atoms with Crippen LogP contribution in [0.25, 0.3) is 11.1 Å². The Hall–Kier alpha value is -2.67. The minimum Gasteiger partial charge on any atom is -0.392 e. The Labute approximate surface area is 165 Å². The fraction of sp³-hybridized carbons (Fsp3) is 0.200. The van der Waals surface area contributed by atoms with E-state index in [9.17, 15) is 0 Å². The zero-order valence-corrected chi connectivity index (χ0v) is 16.3. The van der Waals surface area contributed by atoms with Crippen molar-refractivity contribution in [1.29, 1.82) is 0 Å². The van der Waals surface area contributed by atoms with Crippen LogP contribution in [-0.2, 0) is 6.61 Å². The summed E-state index contributed by atoms with van der Waals surface area (Å²) in [7, 11) is 0. The largest absolute Gasteiger partial charge is 0.392 e. The first-order valence-corrected chi connectivity index (χ1v) is 8.84. The molecule has 0 aliphatic rings. The monoisotopic (exact) mass is 387 g/mol.